The summed E-state index contributed by atoms with van der Waals surface area (Å²) in [5.74, 6) is 0.398. The molecule has 1 N–H and O–H groups in total. The number of nitrogens with zero attached hydrogens (tertiary/aromatic N) is 5. The van der Waals surface area contributed by atoms with Crippen LogP contribution in [0.4, 0.5) is 17.5 Å². The molecule has 34 heavy (non-hydrogen) atoms. The molecule has 11 heteroatoms. The van der Waals surface area contributed by atoms with Crippen LogP contribution < -0.4 is 10.2 Å². The van der Waals surface area contributed by atoms with Crippen molar-refractivity contribution in [3.8, 4) is 0 Å². The number of sulfonamides is 1. The van der Waals surface area contributed by atoms with E-state index < -0.39 is 10.0 Å². The third kappa shape index (κ3) is 5.71. The summed E-state index contributed by atoms with van der Waals surface area (Å²) in [6.07, 6.45) is 1.12. The monoisotopic (exact) mass is 486 g/mol. The molecule has 1 aromatic carbocycles. The summed E-state index contributed by atoms with van der Waals surface area (Å²) in [4.78, 5) is 36.1. The van der Waals surface area contributed by atoms with Gasteiger partial charge in [-0.1, -0.05) is 17.7 Å². The zero-order valence-electron chi connectivity index (χ0n) is 19.5. The molecule has 0 spiro atoms. The summed E-state index contributed by atoms with van der Waals surface area (Å²) >= 11 is 0. The van der Waals surface area contributed by atoms with Crippen LogP contribution in [-0.4, -0.2) is 77.9 Å². The number of rotatable bonds is 7. The lowest BCUT2D eigenvalue weighted by molar-refractivity contribution is -0.147. The third-order valence-electron chi connectivity index (χ3n) is 6.04. The second-order valence-corrected chi connectivity index (χ2v) is 10.8. The number of aromatic nitrogens is 2. The van der Waals surface area contributed by atoms with Crippen LogP contribution in [0.1, 0.15) is 30.5 Å². The molecule has 2 aliphatic rings. The minimum Gasteiger partial charge on any atom is -0.340 e. The van der Waals surface area contributed by atoms with E-state index in [1.165, 1.54) is 9.87 Å². The number of amides is 2. The molecule has 182 valence electrons. The number of nitrogens with one attached hydrogen (secondary N) is 1. The van der Waals surface area contributed by atoms with Crippen molar-refractivity contribution < 1.29 is 18.0 Å². The molecule has 0 atom stereocenters. The Morgan fingerprint density at radius 2 is 1.59 bits per heavy atom. The van der Waals surface area contributed by atoms with Crippen LogP contribution in [0.2, 0.25) is 0 Å². The van der Waals surface area contributed by atoms with Crippen LogP contribution >= 0.6 is 0 Å². The van der Waals surface area contributed by atoms with Crippen molar-refractivity contribution in [3.63, 3.8) is 0 Å². The number of aryl methyl sites for hydroxylation is 2. The minimum absolute atomic E-state index is 0.0881. The van der Waals surface area contributed by atoms with E-state index in [-0.39, 0.29) is 24.1 Å². The molecule has 3 heterocycles. The number of hydrogen-bond donors (Lipinski definition) is 1. The number of imide groups is 1. The number of piperidine rings is 1. The quantitative estimate of drug-likeness (QED) is 0.590. The van der Waals surface area contributed by atoms with Gasteiger partial charge in [0.1, 0.15) is 5.82 Å². The van der Waals surface area contributed by atoms with E-state index in [0.29, 0.717) is 57.2 Å². The first-order chi connectivity index (χ1) is 16.2. The molecule has 0 saturated carbocycles. The van der Waals surface area contributed by atoms with Gasteiger partial charge < -0.3 is 10.2 Å². The van der Waals surface area contributed by atoms with Crippen molar-refractivity contribution in [3.05, 3.63) is 41.6 Å². The molecular formula is C23H30N6O4S. The normalized spacial score (nSPS) is 17.8. The molecule has 2 fully saturated rings. The second kappa shape index (κ2) is 10.1. The molecule has 1 aromatic heterocycles. The molecule has 0 aliphatic carbocycles. The SMILES string of the molecule is Cc1ccc(Nc2cc(C)nc(N3CCN(S(=O)(=O)CCN4C(=O)CCCC4=O)CC3)n2)cc1. The highest BCUT2D eigenvalue weighted by atomic mass is 32.2. The van der Waals surface area contributed by atoms with Gasteiger partial charge in [-0.15, -0.1) is 0 Å². The fourth-order valence-electron chi connectivity index (χ4n) is 4.09. The van der Waals surface area contributed by atoms with Gasteiger partial charge in [-0.05, 0) is 32.4 Å². The van der Waals surface area contributed by atoms with Gasteiger partial charge in [0.2, 0.25) is 27.8 Å². The van der Waals surface area contributed by atoms with Crippen LogP contribution in [0.5, 0.6) is 0 Å². The van der Waals surface area contributed by atoms with Crippen LogP contribution in [0.25, 0.3) is 0 Å². The van der Waals surface area contributed by atoms with E-state index in [4.69, 9.17) is 0 Å². The van der Waals surface area contributed by atoms with Crippen molar-refractivity contribution in [2.24, 2.45) is 0 Å². The molecule has 4 rings (SSSR count). The maximum Gasteiger partial charge on any atom is 0.229 e. The summed E-state index contributed by atoms with van der Waals surface area (Å²) in [7, 11) is -3.59. The average Bonchev–Trinajstić information content (AvgIpc) is 2.80. The van der Waals surface area contributed by atoms with Crippen molar-refractivity contribution in [1.82, 2.24) is 19.2 Å². The van der Waals surface area contributed by atoms with Gasteiger partial charge >= 0.3 is 0 Å². The minimum atomic E-state index is -3.59. The van der Waals surface area contributed by atoms with Crippen molar-refractivity contribution >= 4 is 39.3 Å². The fourth-order valence-corrected chi connectivity index (χ4v) is 5.49. The number of likely N-dealkylation sites (tertiary alicyclic amines) is 1. The van der Waals surface area contributed by atoms with Gasteiger partial charge in [0.25, 0.3) is 0 Å². The molecular weight excluding hydrogens is 456 g/mol. The second-order valence-electron chi connectivity index (χ2n) is 8.68. The Labute approximate surface area is 200 Å². The predicted octanol–water partition coefficient (Wildman–Crippen LogP) is 1.83. The van der Waals surface area contributed by atoms with Crippen LogP contribution in [0.15, 0.2) is 30.3 Å². The lowest BCUT2D eigenvalue weighted by atomic mass is 10.1. The Hall–Kier alpha value is -3.05. The maximum atomic E-state index is 12.8. The van der Waals surface area contributed by atoms with E-state index in [9.17, 15) is 18.0 Å². The Kier molecular flexibility index (Phi) is 7.13. The predicted molar refractivity (Wildman–Crippen MR) is 129 cm³/mol. The van der Waals surface area contributed by atoms with Crippen LogP contribution in [-0.2, 0) is 19.6 Å². The summed E-state index contributed by atoms with van der Waals surface area (Å²) < 4.78 is 27.1. The zero-order chi connectivity index (χ0) is 24.3. The first-order valence-corrected chi connectivity index (χ1v) is 13.1. The molecule has 2 aromatic rings. The molecule has 0 bridgehead atoms. The van der Waals surface area contributed by atoms with Crippen LogP contribution in [0.3, 0.4) is 0 Å². The highest BCUT2D eigenvalue weighted by Gasteiger charge is 2.31. The Morgan fingerprint density at radius 3 is 2.24 bits per heavy atom. The maximum absolute atomic E-state index is 12.8. The highest BCUT2D eigenvalue weighted by Crippen LogP contribution is 2.21. The first kappa shape index (κ1) is 24.1. The number of carbonyl (C=O) groups excluding carboxylic acids is 2. The third-order valence-corrected chi connectivity index (χ3v) is 7.89. The van der Waals surface area contributed by atoms with E-state index in [2.05, 4.69) is 15.3 Å². The van der Waals surface area contributed by atoms with Gasteiger partial charge in [-0.2, -0.15) is 9.29 Å². The number of hydrogen-bond acceptors (Lipinski definition) is 8. The van der Waals surface area contributed by atoms with Gasteiger partial charge in [-0.25, -0.2) is 13.4 Å². The van der Waals surface area contributed by atoms with Crippen molar-refractivity contribution in [2.75, 3.05) is 48.7 Å². The average molecular weight is 487 g/mol. The van der Waals surface area contributed by atoms with Gasteiger partial charge in [0.05, 0.1) is 5.75 Å². The van der Waals surface area contributed by atoms with Gasteiger partial charge in [-0.3, -0.25) is 14.5 Å². The fraction of sp³-hybridized carbons (Fsp3) is 0.478. The summed E-state index contributed by atoms with van der Waals surface area (Å²) in [6, 6.07) is 9.89. The number of benzene rings is 1. The summed E-state index contributed by atoms with van der Waals surface area (Å²) in [5.41, 5.74) is 2.91. The van der Waals surface area contributed by atoms with E-state index >= 15 is 0 Å². The summed E-state index contributed by atoms with van der Waals surface area (Å²) in [5, 5.41) is 3.30. The number of anilines is 3. The lowest BCUT2D eigenvalue weighted by Gasteiger charge is -2.34. The number of piperazine rings is 1. The van der Waals surface area contributed by atoms with Crippen LogP contribution in [0, 0.1) is 13.8 Å². The molecule has 2 saturated heterocycles. The number of carbonyl (C=O) groups is 2. The zero-order valence-corrected chi connectivity index (χ0v) is 20.3. The van der Waals surface area contributed by atoms with E-state index in [0.717, 1.165) is 16.3 Å². The topological polar surface area (TPSA) is 116 Å². The Bertz CT molecular complexity index is 1140. The smallest absolute Gasteiger partial charge is 0.229 e. The Balaban J connectivity index is 1.36. The molecule has 0 unspecified atom stereocenters. The Morgan fingerprint density at radius 1 is 0.941 bits per heavy atom. The molecule has 2 amide bonds. The van der Waals surface area contributed by atoms with Gasteiger partial charge in [0.15, 0.2) is 0 Å². The largest absolute Gasteiger partial charge is 0.340 e. The summed E-state index contributed by atoms with van der Waals surface area (Å²) in [6.45, 7) is 5.33. The van der Waals surface area contributed by atoms with E-state index in [1.54, 1.807) is 0 Å². The van der Waals surface area contributed by atoms with Crippen molar-refractivity contribution in [1.29, 1.82) is 0 Å². The lowest BCUT2D eigenvalue weighted by Crippen LogP contribution is -2.51. The van der Waals surface area contributed by atoms with Crippen molar-refractivity contribution in [2.45, 2.75) is 33.1 Å². The van der Waals surface area contributed by atoms with E-state index in [1.807, 2.05) is 49.1 Å². The molecule has 2 aliphatic heterocycles. The first-order valence-electron chi connectivity index (χ1n) is 11.5. The molecule has 10 nitrogen and oxygen atoms in total. The molecule has 0 radical (unpaired) electrons. The standard InChI is InChI=1S/C23H30N6O4S/c1-17-6-8-19(9-7-17)25-20-16-18(2)24-23(26-20)27-10-12-28(13-11-27)34(32,33)15-14-29-21(30)4-3-5-22(29)31/h6-9,16H,3-5,10-15H2,1-2H3,(H,24,25,26). The van der Waals surface area contributed by atoms with Gasteiger partial charge in [0, 0.05) is 63.0 Å². The highest BCUT2D eigenvalue weighted by molar-refractivity contribution is 7.89.